The van der Waals surface area contributed by atoms with E-state index in [1.807, 2.05) is 12.1 Å². The average molecular weight is 297 g/mol. The van der Waals surface area contributed by atoms with Gasteiger partial charge < -0.3 is 9.47 Å². The largest absolute Gasteiger partial charge is 0.493 e. The molecule has 0 saturated heterocycles. The van der Waals surface area contributed by atoms with E-state index in [0.717, 1.165) is 24.3 Å². The SMILES string of the molecule is CC#N.COc1cccc(CCc2cccc(C)c2)c1OC. The number of aryl methyl sites for hydroxylation is 3. The molecule has 0 aliphatic carbocycles. The highest BCUT2D eigenvalue weighted by molar-refractivity contribution is 5.46. The molecule has 0 radical (unpaired) electrons. The summed E-state index contributed by atoms with van der Waals surface area (Å²) in [4.78, 5) is 0. The van der Waals surface area contributed by atoms with Crippen LogP contribution in [0.5, 0.6) is 11.5 Å². The van der Waals surface area contributed by atoms with Crippen molar-refractivity contribution in [1.82, 2.24) is 0 Å². The number of nitrogens with zero attached hydrogens (tertiary/aromatic N) is 1. The van der Waals surface area contributed by atoms with Crippen molar-refractivity contribution in [2.75, 3.05) is 14.2 Å². The maximum Gasteiger partial charge on any atom is 0.163 e. The fourth-order valence-electron chi connectivity index (χ4n) is 2.30. The van der Waals surface area contributed by atoms with Crippen molar-refractivity contribution >= 4 is 0 Å². The Morgan fingerprint density at radius 3 is 2.27 bits per heavy atom. The summed E-state index contributed by atoms with van der Waals surface area (Å²) >= 11 is 0. The summed E-state index contributed by atoms with van der Waals surface area (Å²) in [7, 11) is 3.36. The van der Waals surface area contributed by atoms with Gasteiger partial charge in [-0.3, -0.25) is 0 Å². The van der Waals surface area contributed by atoms with E-state index >= 15 is 0 Å². The molecule has 0 atom stereocenters. The van der Waals surface area contributed by atoms with Gasteiger partial charge in [-0.15, -0.1) is 0 Å². The smallest absolute Gasteiger partial charge is 0.163 e. The molecule has 0 fully saturated rings. The molecule has 0 aromatic heterocycles. The third kappa shape index (κ3) is 5.14. The summed E-state index contributed by atoms with van der Waals surface area (Å²) < 4.78 is 10.8. The number of benzene rings is 2. The van der Waals surface area contributed by atoms with Crippen molar-refractivity contribution in [2.45, 2.75) is 26.7 Å². The Hall–Kier alpha value is -2.47. The van der Waals surface area contributed by atoms with Gasteiger partial charge in [-0.05, 0) is 37.0 Å². The quantitative estimate of drug-likeness (QED) is 0.825. The predicted molar refractivity (Wildman–Crippen MR) is 89.4 cm³/mol. The van der Waals surface area contributed by atoms with Crippen LogP contribution in [0.4, 0.5) is 0 Å². The zero-order chi connectivity index (χ0) is 16.4. The fourth-order valence-corrected chi connectivity index (χ4v) is 2.30. The molecule has 22 heavy (non-hydrogen) atoms. The molecule has 0 unspecified atom stereocenters. The first-order valence-corrected chi connectivity index (χ1v) is 7.22. The number of methoxy groups -OCH3 is 2. The topological polar surface area (TPSA) is 42.2 Å². The van der Waals surface area contributed by atoms with Crippen molar-refractivity contribution in [3.05, 3.63) is 59.2 Å². The van der Waals surface area contributed by atoms with E-state index in [9.17, 15) is 0 Å². The summed E-state index contributed by atoms with van der Waals surface area (Å²) in [5.74, 6) is 1.64. The van der Waals surface area contributed by atoms with E-state index in [-0.39, 0.29) is 0 Å². The molecular formula is C19H23NO2. The monoisotopic (exact) mass is 297 g/mol. The normalized spacial score (nSPS) is 9.23. The Balaban J connectivity index is 0.000000745. The first-order chi connectivity index (χ1) is 10.7. The van der Waals surface area contributed by atoms with Gasteiger partial charge in [0.05, 0.1) is 20.3 Å². The second-order valence-electron chi connectivity index (χ2n) is 4.87. The minimum atomic E-state index is 0.796. The van der Waals surface area contributed by atoms with E-state index < -0.39 is 0 Å². The molecule has 3 nitrogen and oxygen atoms in total. The molecule has 0 bridgehead atoms. The third-order valence-corrected chi connectivity index (χ3v) is 3.25. The van der Waals surface area contributed by atoms with Crippen molar-refractivity contribution in [3.8, 4) is 17.6 Å². The number of hydrogen-bond acceptors (Lipinski definition) is 3. The standard InChI is InChI=1S/C17H20O2.C2H3N/c1-13-6-4-7-14(12-13)10-11-15-8-5-9-16(18-2)17(15)19-3;1-2-3/h4-9,12H,10-11H2,1-3H3;1H3. The zero-order valence-corrected chi connectivity index (χ0v) is 13.7. The molecule has 0 aliphatic heterocycles. The Morgan fingerprint density at radius 2 is 1.68 bits per heavy atom. The van der Waals surface area contributed by atoms with Gasteiger partial charge in [-0.1, -0.05) is 42.0 Å². The highest BCUT2D eigenvalue weighted by atomic mass is 16.5. The van der Waals surface area contributed by atoms with Gasteiger partial charge in [-0.25, -0.2) is 0 Å². The highest BCUT2D eigenvalue weighted by Gasteiger charge is 2.09. The van der Waals surface area contributed by atoms with E-state index in [4.69, 9.17) is 14.7 Å². The Labute approximate surface area is 133 Å². The molecule has 0 heterocycles. The molecule has 0 amide bonds. The van der Waals surface area contributed by atoms with Gasteiger partial charge in [0, 0.05) is 6.92 Å². The molecule has 3 heteroatoms. The summed E-state index contributed by atoms with van der Waals surface area (Å²) in [6.45, 7) is 3.55. The molecule has 0 spiro atoms. The van der Waals surface area contributed by atoms with Crippen LogP contribution in [0.3, 0.4) is 0 Å². The lowest BCUT2D eigenvalue weighted by atomic mass is 10.0. The number of hydrogen-bond donors (Lipinski definition) is 0. The maximum atomic E-state index is 7.32. The van der Waals surface area contributed by atoms with Crippen molar-refractivity contribution in [2.24, 2.45) is 0 Å². The molecular weight excluding hydrogens is 274 g/mol. The summed E-state index contributed by atoms with van der Waals surface area (Å²) in [6, 6.07) is 16.4. The number of rotatable bonds is 5. The molecule has 2 aromatic rings. The zero-order valence-electron chi connectivity index (χ0n) is 13.7. The number of nitriles is 1. The van der Waals surface area contributed by atoms with Crippen molar-refractivity contribution in [1.29, 1.82) is 5.26 Å². The minimum Gasteiger partial charge on any atom is -0.493 e. The molecule has 2 aromatic carbocycles. The fraction of sp³-hybridized carbons (Fsp3) is 0.316. The first-order valence-electron chi connectivity index (χ1n) is 7.22. The van der Waals surface area contributed by atoms with Gasteiger partial charge in [0.25, 0.3) is 0 Å². The minimum absolute atomic E-state index is 0.796. The van der Waals surface area contributed by atoms with Crippen LogP contribution in [0.15, 0.2) is 42.5 Å². The van der Waals surface area contributed by atoms with Gasteiger partial charge >= 0.3 is 0 Å². The summed E-state index contributed by atoms with van der Waals surface area (Å²) in [5.41, 5.74) is 3.84. The van der Waals surface area contributed by atoms with Crippen molar-refractivity contribution < 1.29 is 9.47 Å². The number of para-hydroxylation sites is 1. The lowest BCUT2D eigenvalue weighted by molar-refractivity contribution is 0.351. The van der Waals surface area contributed by atoms with Crippen molar-refractivity contribution in [3.63, 3.8) is 0 Å². The Bertz CT molecular complexity index is 630. The number of ether oxygens (including phenoxy) is 2. The summed E-state index contributed by atoms with van der Waals surface area (Å²) in [5, 5.41) is 7.32. The van der Waals surface area contributed by atoms with Crippen LogP contribution in [-0.4, -0.2) is 14.2 Å². The molecule has 116 valence electrons. The molecule has 0 aliphatic rings. The predicted octanol–water partition coefficient (Wildman–Crippen LogP) is 4.33. The van der Waals surface area contributed by atoms with E-state index in [1.165, 1.54) is 23.6 Å². The van der Waals surface area contributed by atoms with Crippen LogP contribution in [0.25, 0.3) is 0 Å². The van der Waals surface area contributed by atoms with Gasteiger partial charge in [-0.2, -0.15) is 5.26 Å². The summed E-state index contributed by atoms with van der Waals surface area (Å²) in [6.07, 6.45) is 1.95. The maximum absolute atomic E-state index is 7.32. The van der Waals surface area contributed by atoms with Crippen LogP contribution in [-0.2, 0) is 12.8 Å². The molecule has 2 rings (SSSR count). The van der Waals surface area contributed by atoms with Crippen LogP contribution in [0.1, 0.15) is 23.6 Å². The molecule has 0 saturated carbocycles. The third-order valence-electron chi connectivity index (χ3n) is 3.25. The second-order valence-corrected chi connectivity index (χ2v) is 4.87. The average Bonchev–Trinajstić information content (AvgIpc) is 2.53. The van der Waals surface area contributed by atoms with Gasteiger partial charge in [0.1, 0.15) is 0 Å². The lowest BCUT2D eigenvalue weighted by Crippen LogP contribution is -1.98. The van der Waals surface area contributed by atoms with Crippen LogP contribution in [0.2, 0.25) is 0 Å². The highest BCUT2D eigenvalue weighted by Crippen LogP contribution is 2.31. The lowest BCUT2D eigenvalue weighted by Gasteiger charge is -2.12. The van der Waals surface area contributed by atoms with Crippen LogP contribution < -0.4 is 9.47 Å². The van der Waals surface area contributed by atoms with E-state index in [0.29, 0.717) is 0 Å². The second kappa shape index (κ2) is 9.46. The Kier molecular flexibility index (Phi) is 7.56. The molecule has 0 N–H and O–H groups in total. The van der Waals surface area contributed by atoms with Gasteiger partial charge in [0.2, 0.25) is 0 Å². The van der Waals surface area contributed by atoms with Gasteiger partial charge in [0.15, 0.2) is 11.5 Å². The van der Waals surface area contributed by atoms with Crippen LogP contribution in [0, 0.1) is 18.3 Å². The first kappa shape index (κ1) is 17.6. The Morgan fingerprint density at radius 1 is 1.00 bits per heavy atom. The van der Waals surface area contributed by atoms with E-state index in [2.05, 4.69) is 37.3 Å². The van der Waals surface area contributed by atoms with E-state index in [1.54, 1.807) is 20.3 Å². The van der Waals surface area contributed by atoms with Crippen LogP contribution >= 0.6 is 0 Å².